The Morgan fingerprint density at radius 1 is 1.33 bits per heavy atom. The van der Waals surface area contributed by atoms with Crippen molar-refractivity contribution in [1.82, 2.24) is 10.2 Å². The van der Waals surface area contributed by atoms with Crippen molar-refractivity contribution in [2.24, 2.45) is 5.41 Å². The lowest BCUT2D eigenvalue weighted by atomic mass is 9.73. The van der Waals surface area contributed by atoms with Crippen LogP contribution >= 0.6 is 11.6 Å². The molecule has 0 atom stereocenters. The molecular weight excluding hydrogens is 212 g/mol. The summed E-state index contributed by atoms with van der Waals surface area (Å²) in [6.45, 7) is 4.19. The van der Waals surface area contributed by atoms with Gasteiger partial charge in [-0.1, -0.05) is 0 Å². The monoisotopic (exact) mass is 230 g/mol. The molecule has 15 heavy (non-hydrogen) atoms. The zero-order valence-corrected chi connectivity index (χ0v) is 9.85. The van der Waals surface area contributed by atoms with Crippen LogP contribution in [0.1, 0.15) is 25.7 Å². The first-order valence-electron chi connectivity index (χ1n) is 5.80. The molecule has 86 valence electrons. The van der Waals surface area contributed by atoms with Crippen LogP contribution in [0, 0.1) is 5.41 Å². The summed E-state index contributed by atoms with van der Waals surface area (Å²) in [6.07, 6.45) is 3.78. The Balaban J connectivity index is 1.75. The van der Waals surface area contributed by atoms with E-state index in [1.165, 1.54) is 12.8 Å². The molecule has 1 spiro atoms. The van der Waals surface area contributed by atoms with Gasteiger partial charge in [-0.15, -0.1) is 11.6 Å². The molecule has 0 aromatic carbocycles. The Kier molecular flexibility index (Phi) is 3.52. The number of nitrogens with one attached hydrogen (secondary N) is 1. The fourth-order valence-corrected chi connectivity index (χ4v) is 2.57. The smallest absolute Gasteiger partial charge is 0.222 e. The van der Waals surface area contributed by atoms with Crippen molar-refractivity contribution < 1.29 is 4.79 Å². The maximum Gasteiger partial charge on any atom is 0.222 e. The number of carbonyl (C=O) groups excluding carboxylic acids is 1. The first-order chi connectivity index (χ1) is 7.26. The standard InChI is InChI=1S/C11H19ClN2O/c12-5-1-2-10(15)14-6-3-11(4-7-14)8-13-9-11/h13H,1-9H2. The van der Waals surface area contributed by atoms with Crippen LogP contribution in [0.2, 0.25) is 0 Å². The number of hydrogen-bond donors (Lipinski definition) is 1. The number of nitrogens with zero attached hydrogens (tertiary/aromatic N) is 1. The summed E-state index contributed by atoms with van der Waals surface area (Å²) in [5.74, 6) is 0.880. The molecule has 2 heterocycles. The highest BCUT2D eigenvalue weighted by molar-refractivity contribution is 6.17. The van der Waals surface area contributed by atoms with E-state index in [4.69, 9.17) is 11.6 Å². The number of amides is 1. The quantitative estimate of drug-likeness (QED) is 0.740. The lowest BCUT2D eigenvalue weighted by molar-refractivity contribution is -0.134. The Morgan fingerprint density at radius 3 is 2.47 bits per heavy atom. The van der Waals surface area contributed by atoms with Crippen molar-refractivity contribution in [2.45, 2.75) is 25.7 Å². The largest absolute Gasteiger partial charge is 0.343 e. The molecule has 0 unspecified atom stereocenters. The highest BCUT2D eigenvalue weighted by Gasteiger charge is 2.40. The Hall–Kier alpha value is -0.280. The Bertz CT molecular complexity index is 231. The molecule has 2 saturated heterocycles. The summed E-state index contributed by atoms with van der Waals surface area (Å²) in [6, 6.07) is 0. The molecule has 1 N–H and O–H groups in total. The van der Waals surface area contributed by atoms with Gasteiger partial charge in [0, 0.05) is 38.5 Å². The number of hydrogen-bond acceptors (Lipinski definition) is 2. The van der Waals surface area contributed by atoms with Crippen LogP contribution in [0.5, 0.6) is 0 Å². The molecular formula is C11H19ClN2O. The van der Waals surface area contributed by atoms with Gasteiger partial charge < -0.3 is 10.2 Å². The minimum atomic E-state index is 0.290. The van der Waals surface area contributed by atoms with Gasteiger partial charge in [0.05, 0.1) is 0 Å². The van der Waals surface area contributed by atoms with Crippen molar-refractivity contribution in [3.63, 3.8) is 0 Å². The van der Waals surface area contributed by atoms with Crippen molar-refractivity contribution in [3.8, 4) is 0 Å². The normalized spacial score (nSPS) is 23.9. The first kappa shape index (κ1) is 11.2. The van der Waals surface area contributed by atoms with Crippen LogP contribution in [0.4, 0.5) is 0 Å². The van der Waals surface area contributed by atoms with E-state index in [0.29, 0.717) is 17.7 Å². The predicted molar refractivity (Wildman–Crippen MR) is 61.1 cm³/mol. The van der Waals surface area contributed by atoms with Gasteiger partial charge in [0.15, 0.2) is 0 Å². The molecule has 3 nitrogen and oxygen atoms in total. The van der Waals surface area contributed by atoms with Crippen LogP contribution in [-0.2, 0) is 4.79 Å². The van der Waals surface area contributed by atoms with Crippen LogP contribution < -0.4 is 5.32 Å². The van der Waals surface area contributed by atoms with Crippen molar-refractivity contribution in [2.75, 3.05) is 32.1 Å². The molecule has 1 amide bonds. The summed E-state index contributed by atoms with van der Waals surface area (Å²) in [5, 5.41) is 3.33. The molecule has 2 rings (SSSR count). The number of alkyl halides is 1. The summed E-state index contributed by atoms with van der Waals surface area (Å²) in [7, 11) is 0. The molecule has 4 heteroatoms. The second kappa shape index (κ2) is 4.71. The van der Waals surface area contributed by atoms with Gasteiger partial charge in [0.1, 0.15) is 0 Å². The minimum absolute atomic E-state index is 0.290. The van der Waals surface area contributed by atoms with Crippen molar-refractivity contribution in [1.29, 1.82) is 0 Å². The van der Waals surface area contributed by atoms with Gasteiger partial charge in [-0.05, 0) is 24.7 Å². The molecule has 2 aliphatic heterocycles. The summed E-state index contributed by atoms with van der Waals surface area (Å²) in [4.78, 5) is 13.7. The van der Waals surface area contributed by atoms with E-state index in [9.17, 15) is 4.79 Å². The lowest BCUT2D eigenvalue weighted by Gasteiger charge is -2.48. The van der Waals surface area contributed by atoms with Gasteiger partial charge >= 0.3 is 0 Å². The fraction of sp³-hybridized carbons (Fsp3) is 0.909. The molecule has 2 fully saturated rings. The van der Waals surface area contributed by atoms with Gasteiger partial charge in [0.2, 0.25) is 5.91 Å². The summed E-state index contributed by atoms with van der Waals surface area (Å²) in [5.41, 5.74) is 0.531. The van der Waals surface area contributed by atoms with Gasteiger partial charge in [-0.25, -0.2) is 0 Å². The van der Waals surface area contributed by atoms with Crippen molar-refractivity contribution in [3.05, 3.63) is 0 Å². The number of piperidine rings is 1. The zero-order valence-electron chi connectivity index (χ0n) is 9.10. The van der Waals surface area contributed by atoms with Crippen LogP contribution in [0.15, 0.2) is 0 Å². The molecule has 0 bridgehead atoms. The highest BCUT2D eigenvalue weighted by atomic mass is 35.5. The zero-order chi connectivity index (χ0) is 10.7. The fourth-order valence-electron chi connectivity index (χ4n) is 2.44. The Morgan fingerprint density at radius 2 is 2.00 bits per heavy atom. The molecule has 2 aliphatic rings. The van der Waals surface area contributed by atoms with E-state index < -0.39 is 0 Å². The van der Waals surface area contributed by atoms with E-state index >= 15 is 0 Å². The van der Waals surface area contributed by atoms with E-state index in [-0.39, 0.29) is 5.91 Å². The molecule has 0 aromatic heterocycles. The lowest BCUT2D eigenvalue weighted by Crippen LogP contribution is -2.58. The molecule has 0 aromatic rings. The van der Waals surface area contributed by atoms with Crippen LogP contribution in [0.3, 0.4) is 0 Å². The molecule has 0 radical (unpaired) electrons. The topological polar surface area (TPSA) is 32.3 Å². The van der Waals surface area contributed by atoms with Crippen LogP contribution in [-0.4, -0.2) is 42.9 Å². The number of halogens is 1. The third kappa shape index (κ3) is 2.45. The minimum Gasteiger partial charge on any atom is -0.343 e. The van der Waals surface area contributed by atoms with Crippen LogP contribution in [0.25, 0.3) is 0 Å². The van der Waals surface area contributed by atoms with E-state index in [2.05, 4.69) is 5.32 Å². The second-order valence-corrected chi connectivity index (χ2v) is 5.15. The SMILES string of the molecule is O=C(CCCCl)N1CCC2(CC1)CNC2. The third-order valence-corrected chi connectivity index (χ3v) is 3.97. The maximum atomic E-state index is 11.7. The van der Waals surface area contributed by atoms with Gasteiger partial charge in [0.25, 0.3) is 0 Å². The van der Waals surface area contributed by atoms with E-state index in [1.807, 2.05) is 4.90 Å². The molecule has 0 aliphatic carbocycles. The third-order valence-electron chi connectivity index (χ3n) is 3.70. The molecule has 0 saturated carbocycles. The van der Waals surface area contributed by atoms with Gasteiger partial charge in [-0.2, -0.15) is 0 Å². The maximum absolute atomic E-state index is 11.7. The average Bonchev–Trinajstić information content (AvgIpc) is 2.24. The summed E-state index contributed by atoms with van der Waals surface area (Å²) < 4.78 is 0. The number of carbonyl (C=O) groups is 1. The summed E-state index contributed by atoms with van der Waals surface area (Å²) >= 11 is 5.58. The van der Waals surface area contributed by atoms with E-state index in [0.717, 1.165) is 32.6 Å². The average molecular weight is 231 g/mol. The highest BCUT2D eigenvalue weighted by Crippen LogP contribution is 2.34. The van der Waals surface area contributed by atoms with E-state index in [1.54, 1.807) is 0 Å². The number of likely N-dealkylation sites (tertiary alicyclic amines) is 1. The van der Waals surface area contributed by atoms with Gasteiger partial charge in [-0.3, -0.25) is 4.79 Å². The van der Waals surface area contributed by atoms with Crippen molar-refractivity contribution >= 4 is 17.5 Å². The first-order valence-corrected chi connectivity index (χ1v) is 6.34. The number of rotatable bonds is 3. The predicted octanol–water partition coefficient (Wildman–Crippen LogP) is 1.22. The Labute approximate surface area is 96.2 Å². The second-order valence-electron chi connectivity index (χ2n) is 4.78.